The van der Waals surface area contributed by atoms with Crippen molar-refractivity contribution in [3.05, 3.63) is 41.5 Å². The minimum Gasteiger partial charge on any atom is -0.207 e. The van der Waals surface area contributed by atoms with Crippen molar-refractivity contribution < 1.29 is 8.42 Å². The number of hydrogen-bond donors (Lipinski definition) is 0. The summed E-state index contributed by atoms with van der Waals surface area (Å²) in [7, 11) is -3.39. The third kappa shape index (κ3) is 3.31. The SMILES string of the molecule is CCCCCC12CCCC=C1CN(S(=O)(=O)c1ccc(C)cc1)C2. The van der Waals surface area contributed by atoms with Gasteiger partial charge in [0.25, 0.3) is 0 Å². The number of aryl methyl sites for hydroxylation is 1. The zero-order chi connectivity index (χ0) is 17.2. The molecule has 0 amide bonds. The second-order valence-corrected chi connectivity index (χ2v) is 9.38. The summed E-state index contributed by atoms with van der Waals surface area (Å²) in [5.74, 6) is 0. The third-order valence-corrected chi connectivity index (χ3v) is 7.48. The lowest BCUT2D eigenvalue weighted by molar-refractivity contribution is 0.273. The Balaban J connectivity index is 1.84. The first kappa shape index (κ1) is 17.7. The molecular weight excluding hydrogens is 318 g/mol. The second kappa shape index (κ2) is 7.01. The van der Waals surface area contributed by atoms with Crippen molar-refractivity contribution >= 4 is 10.0 Å². The predicted molar refractivity (Wildman–Crippen MR) is 98.4 cm³/mol. The molecule has 1 aromatic rings. The molecule has 2 aliphatic rings. The first-order valence-electron chi connectivity index (χ1n) is 9.24. The minimum atomic E-state index is -3.39. The fraction of sp³-hybridized carbons (Fsp3) is 0.600. The fourth-order valence-corrected chi connectivity index (χ4v) is 5.70. The Bertz CT molecular complexity index is 706. The first-order valence-corrected chi connectivity index (χ1v) is 10.7. The van der Waals surface area contributed by atoms with E-state index in [1.54, 1.807) is 16.4 Å². The molecule has 132 valence electrons. The lowest BCUT2D eigenvalue weighted by Gasteiger charge is -2.33. The van der Waals surface area contributed by atoms with Crippen molar-refractivity contribution in [2.24, 2.45) is 5.41 Å². The van der Waals surface area contributed by atoms with E-state index in [4.69, 9.17) is 0 Å². The van der Waals surface area contributed by atoms with Crippen molar-refractivity contribution in [2.75, 3.05) is 13.1 Å². The van der Waals surface area contributed by atoms with Crippen molar-refractivity contribution in [1.82, 2.24) is 4.31 Å². The first-order chi connectivity index (χ1) is 11.5. The summed E-state index contributed by atoms with van der Waals surface area (Å²) < 4.78 is 27.8. The monoisotopic (exact) mass is 347 g/mol. The summed E-state index contributed by atoms with van der Waals surface area (Å²) >= 11 is 0. The van der Waals surface area contributed by atoms with E-state index in [9.17, 15) is 8.42 Å². The summed E-state index contributed by atoms with van der Waals surface area (Å²) in [4.78, 5) is 0.427. The van der Waals surface area contributed by atoms with Crippen LogP contribution in [0.15, 0.2) is 40.8 Å². The number of benzene rings is 1. The van der Waals surface area contributed by atoms with Crippen LogP contribution in [0.3, 0.4) is 0 Å². The van der Waals surface area contributed by atoms with Gasteiger partial charge in [-0.15, -0.1) is 0 Å². The molecule has 1 saturated heterocycles. The Morgan fingerprint density at radius 1 is 1.17 bits per heavy atom. The van der Waals surface area contributed by atoms with Crippen LogP contribution in [0, 0.1) is 12.3 Å². The Hall–Kier alpha value is -1.13. The van der Waals surface area contributed by atoms with Crippen molar-refractivity contribution in [3.8, 4) is 0 Å². The van der Waals surface area contributed by atoms with E-state index in [1.807, 2.05) is 19.1 Å². The van der Waals surface area contributed by atoms with Crippen LogP contribution in [0.2, 0.25) is 0 Å². The quantitative estimate of drug-likeness (QED) is 0.553. The van der Waals surface area contributed by atoms with Gasteiger partial charge in [-0.1, -0.05) is 55.5 Å². The zero-order valence-electron chi connectivity index (χ0n) is 14.9. The molecule has 0 saturated carbocycles. The molecule has 1 aliphatic heterocycles. The van der Waals surface area contributed by atoms with Gasteiger partial charge in [-0.25, -0.2) is 8.42 Å². The molecule has 0 radical (unpaired) electrons. The number of nitrogens with zero attached hydrogens (tertiary/aromatic N) is 1. The van der Waals surface area contributed by atoms with Crippen LogP contribution in [0.5, 0.6) is 0 Å². The van der Waals surface area contributed by atoms with Gasteiger partial charge in [0.15, 0.2) is 0 Å². The standard InChI is InChI=1S/C20H29NO2S/c1-3-4-6-13-20-14-7-5-8-18(20)15-21(16-20)24(22,23)19-11-9-17(2)10-12-19/h8-12H,3-7,13-16H2,1-2H3. The highest BCUT2D eigenvalue weighted by atomic mass is 32.2. The molecular formula is C20H29NO2S. The molecule has 1 heterocycles. The van der Waals surface area contributed by atoms with Crippen molar-refractivity contribution in [2.45, 2.75) is 63.7 Å². The third-order valence-electron chi connectivity index (χ3n) is 5.67. The van der Waals surface area contributed by atoms with Crippen LogP contribution in [-0.4, -0.2) is 25.8 Å². The Morgan fingerprint density at radius 2 is 1.92 bits per heavy atom. The van der Waals surface area contributed by atoms with Crippen LogP contribution in [0.4, 0.5) is 0 Å². The van der Waals surface area contributed by atoms with Crippen LogP contribution in [0.25, 0.3) is 0 Å². The topological polar surface area (TPSA) is 37.4 Å². The van der Waals surface area contributed by atoms with Crippen molar-refractivity contribution in [1.29, 1.82) is 0 Å². The Labute approximate surface area is 146 Å². The lowest BCUT2D eigenvalue weighted by Crippen LogP contribution is -2.32. The van der Waals surface area contributed by atoms with E-state index in [0.29, 0.717) is 18.0 Å². The molecule has 0 aromatic heterocycles. The largest absolute Gasteiger partial charge is 0.243 e. The molecule has 24 heavy (non-hydrogen) atoms. The van der Waals surface area contributed by atoms with Crippen molar-refractivity contribution in [3.63, 3.8) is 0 Å². The van der Waals surface area contributed by atoms with Crippen LogP contribution >= 0.6 is 0 Å². The molecule has 4 heteroatoms. The predicted octanol–water partition coefficient (Wildman–Crippen LogP) is 4.68. The van der Waals surface area contributed by atoms with Gasteiger partial charge < -0.3 is 0 Å². The maximum Gasteiger partial charge on any atom is 0.243 e. The molecule has 0 N–H and O–H groups in total. The van der Waals surface area contributed by atoms with Crippen LogP contribution in [0.1, 0.15) is 57.4 Å². The van der Waals surface area contributed by atoms with Gasteiger partial charge in [0.2, 0.25) is 10.0 Å². The minimum absolute atomic E-state index is 0.102. The van der Waals surface area contributed by atoms with E-state index in [1.165, 1.54) is 31.3 Å². The summed E-state index contributed by atoms with van der Waals surface area (Å²) in [6, 6.07) is 7.24. The van der Waals surface area contributed by atoms with E-state index in [0.717, 1.165) is 24.8 Å². The Kier molecular flexibility index (Phi) is 5.16. The summed E-state index contributed by atoms with van der Waals surface area (Å²) in [6.07, 6.45) is 10.5. The molecule has 1 atom stereocenters. The molecule has 0 spiro atoms. The van der Waals surface area contributed by atoms with Crippen LogP contribution < -0.4 is 0 Å². The van der Waals surface area contributed by atoms with Gasteiger partial charge in [0.1, 0.15) is 0 Å². The number of rotatable bonds is 6. The highest BCUT2D eigenvalue weighted by Gasteiger charge is 2.46. The van der Waals surface area contributed by atoms with Gasteiger partial charge in [0, 0.05) is 18.5 Å². The molecule has 3 rings (SSSR count). The van der Waals surface area contributed by atoms with E-state index >= 15 is 0 Å². The molecule has 1 fully saturated rings. The Morgan fingerprint density at radius 3 is 2.62 bits per heavy atom. The van der Waals surface area contributed by atoms with Gasteiger partial charge in [-0.3, -0.25) is 0 Å². The average molecular weight is 348 g/mol. The number of fused-ring (bicyclic) bond motifs is 1. The summed E-state index contributed by atoms with van der Waals surface area (Å²) in [5.41, 5.74) is 2.56. The summed E-state index contributed by atoms with van der Waals surface area (Å²) in [6.45, 7) is 5.45. The molecule has 3 nitrogen and oxygen atoms in total. The number of allylic oxidation sites excluding steroid dienone is 1. The van der Waals surface area contributed by atoms with Gasteiger partial charge in [-0.2, -0.15) is 4.31 Å². The maximum absolute atomic E-state index is 13.1. The van der Waals surface area contributed by atoms with E-state index in [2.05, 4.69) is 13.0 Å². The molecule has 0 bridgehead atoms. The highest BCUT2D eigenvalue weighted by molar-refractivity contribution is 7.89. The number of unbranched alkanes of at least 4 members (excludes halogenated alkanes) is 2. The maximum atomic E-state index is 13.1. The highest BCUT2D eigenvalue weighted by Crippen LogP contribution is 2.48. The zero-order valence-corrected chi connectivity index (χ0v) is 15.7. The van der Waals surface area contributed by atoms with Gasteiger partial charge in [-0.05, 0) is 44.7 Å². The smallest absolute Gasteiger partial charge is 0.207 e. The number of sulfonamides is 1. The normalized spacial score (nSPS) is 24.7. The van der Waals surface area contributed by atoms with Gasteiger partial charge in [0.05, 0.1) is 4.90 Å². The number of hydrogen-bond acceptors (Lipinski definition) is 2. The van der Waals surface area contributed by atoms with Crippen LogP contribution in [-0.2, 0) is 10.0 Å². The lowest BCUT2D eigenvalue weighted by atomic mass is 9.71. The van der Waals surface area contributed by atoms with E-state index in [-0.39, 0.29) is 5.41 Å². The average Bonchev–Trinajstić information content (AvgIpc) is 2.96. The second-order valence-electron chi connectivity index (χ2n) is 7.45. The molecule has 1 aliphatic carbocycles. The molecule has 1 unspecified atom stereocenters. The van der Waals surface area contributed by atoms with Gasteiger partial charge >= 0.3 is 0 Å². The summed E-state index contributed by atoms with van der Waals surface area (Å²) in [5, 5.41) is 0. The fourth-order valence-electron chi connectivity index (χ4n) is 4.20. The molecule has 1 aromatic carbocycles. The van der Waals surface area contributed by atoms with E-state index < -0.39 is 10.0 Å².